The Balaban J connectivity index is 0.000000492. The Labute approximate surface area is 186 Å². The Kier molecular flexibility index (Phi) is 16.4. The number of carboxylic acids is 1. The van der Waals surface area contributed by atoms with Crippen LogP contribution in [0.3, 0.4) is 0 Å². The highest BCUT2D eigenvalue weighted by molar-refractivity contribution is 5.94. The van der Waals surface area contributed by atoms with Crippen LogP contribution in [-0.2, 0) is 9.59 Å². The van der Waals surface area contributed by atoms with E-state index in [-0.39, 0.29) is 5.91 Å². The average Bonchev–Trinajstić information content (AvgIpc) is 2.80. The summed E-state index contributed by atoms with van der Waals surface area (Å²) >= 11 is 0. The van der Waals surface area contributed by atoms with Crippen molar-refractivity contribution in [1.29, 1.82) is 0 Å². The van der Waals surface area contributed by atoms with Gasteiger partial charge in [-0.1, -0.05) is 62.1 Å². The lowest BCUT2D eigenvalue weighted by atomic mass is 10.2. The number of rotatable bonds is 4. The summed E-state index contributed by atoms with van der Waals surface area (Å²) in [5, 5.41) is 11.3. The second-order valence-corrected chi connectivity index (χ2v) is 5.97. The molecule has 2 N–H and O–H groups in total. The van der Waals surface area contributed by atoms with Crippen molar-refractivity contribution in [2.75, 3.05) is 26.2 Å². The van der Waals surface area contributed by atoms with E-state index in [0.717, 1.165) is 24.2 Å². The molecule has 0 spiro atoms. The van der Waals surface area contributed by atoms with Gasteiger partial charge in [-0.15, -0.1) is 0 Å². The molecule has 0 atom stereocenters. The smallest absolute Gasteiger partial charge is 0.382 e. The minimum Gasteiger partial charge on any atom is -0.472 e. The molecule has 2 aromatic carbocycles. The van der Waals surface area contributed by atoms with Crippen molar-refractivity contribution in [1.82, 2.24) is 10.2 Å². The summed E-state index contributed by atoms with van der Waals surface area (Å²) in [6, 6.07) is 18.5. The van der Waals surface area contributed by atoms with E-state index < -0.39 is 5.97 Å². The molecule has 0 bridgehead atoms. The molecule has 0 radical (unpaired) electrons. The SMILES string of the molecule is CCN(CC)C(=O)C#Cc1ccccc1.CCNCC.O=C(O)C#Cc1ccccc1. The van der Waals surface area contributed by atoms with Crippen molar-refractivity contribution in [3.8, 4) is 23.7 Å². The van der Waals surface area contributed by atoms with Crippen LogP contribution < -0.4 is 5.32 Å². The summed E-state index contributed by atoms with van der Waals surface area (Å²) in [6.45, 7) is 11.7. The van der Waals surface area contributed by atoms with Crippen LogP contribution in [0.25, 0.3) is 0 Å². The quantitative estimate of drug-likeness (QED) is 0.741. The second-order valence-electron chi connectivity index (χ2n) is 5.97. The lowest BCUT2D eigenvalue weighted by Gasteiger charge is -2.14. The largest absolute Gasteiger partial charge is 0.472 e. The molecule has 0 aliphatic carbocycles. The normalized spacial score (nSPS) is 8.52. The summed E-state index contributed by atoms with van der Waals surface area (Å²) in [4.78, 5) is 23.2. The fourth-order valence-corrected chi connectivity index (χ4v) is 2.13. The predicted molar refractivity (Wildman–Crippen MR) is 126 cm³/mol. The number of carbonyl (C=O) groups excluding carboxylic acids is 1. The topological polar surface area (TPSA) is 69.6 Å². The Bertz CT molecular complexity index is 867. The van der Waals surface area contributed by atoms with Gasteiger partial charge < -0.3 is 15.3 Å². The molecular weight excluding hydrogens is 388 g/mol. The molecule has 0 unspecified atom stereocenters. The van der Waals surface area contributed by atoms with Crippen LogP contribution in [0.1, 0.15) is 38.8 Å². The van der Waals surface area contributed by atoms with Crippen LogP contribution in [0.15, 0.2) is 60.7 Å². The van der Waals surface area contributed by atoms with Crippen LogP contribution in [-0.4, -0.2) is 48.1 Å². The molecule has 5 nitrogen and oxygen atoms in total. The highest BCUT2D eigenvalue weighted by Gasteiger charge is 2.04. The molecule has 0 saturated heterocycles. The Hall–Kier alpha value is -3.54. The van der Waals surface area contributed by atoms with Crippen molar-refractivity contribution >= 4 is 11.9 Å². The first-order valence-electron chi connectivity index (χ1n) is 10.3. The molecule has 0 aliphatic rings. The summed E-state index contributed by atoms with van der Waals surface area (Å²) < 4.78 is 0. The van der Waals surface area contributed by atoms with Gasteiger partial charge in [0, 0.05) is 36.1 Å². The number of hydrogen-bond donors (Lipinski definition) is 2. The van der Waals surface area contributed by atoms with Crippen molar-refractivity contribution in [2.24, 2.45) is 0 Å². The minimum atomic E-state index is -1.10. The van der Waals surface area contributed by atoms with Crippen LogP contribution in [0.5, 0.6) is 0 Å². The monoisotopic (exact) mass is 420 g/mol. The third-order valence-electron chi connectivity index (χ3n) is 3.73. The van der Waals surface area contributed by atoms with E-state index in [1.807, 2.05) is 68.3 Å². The summed E-state index contributed by atoms with van der Waals surface area (Å²) in [7, 11) is 0. The molecule has 2 rings (SSSR count). The third kappa shape index (κ3) is 15.0. The summed E-state index contributed by atoms with van der Waals surface area (Å²) in [5.41, 5.74) is 1.59. The van der Waals surface area contributed by atoms with Crippen molar-refractivity contribution < 1.29 is 14.7 Å². The molecule has 5 heteroatoms. The van der Waals surface area contributed by atoms with E-state index >= 15 is 0 Å². The average molecular weight is 421 g/mol. The number of aliphatic carboxylic acids is 1. The first-order valence-corrected chi connectivity index (χ1v) is 10.3. The summed E-state index contributed by atoms with van der Waals surface area (Å²) in [5.74, 6) is 8.80. The van der Waals surface area contributed by atoms with E-state index in [9.17, 15) is 9.59 Å². The number of nitrogens with one attached hydrogen (secondary N) is 1. The van der Waals surface area contributed by atoms with Gasteiger partial charge in [0.25, 0.3) is 5.91 Å². The highest BCUT2D eigenvalue weighted by atomic mass is 16.4. The van der Waals surface area contributed by atoms with Gasteiger partial charge in [0.1, 0.15) is 0 Å². The maximum Gasteiger partial charge on any atom is 0.382 e. The van der Waals surface area contributed by atoms with Crippen LogP contribution in [0.4, 0.5) is 0 Å². The number of carboxylic acid groups (broad SMARTS) is 1. The van der Waals surface area contributed by atoms with E-state index in [2.05, 4.69) is 36.9 Å². The molecule has 0 aliphatic heterocycles. The Morgan fingerprint density at radius 3 is 1.52 bits per heavy atom. The lowest BCUT2D eigenvalue weighted by Crippen LogP contribution is -2.29. The summed E-state index contributed by atoms with van der Waals surface area (Å²) in [6.07, 6.45) is 0. The lowest BCUT2D eigenvalue weighted by molar-refractivity contribution is -0.130. The zero-order valence-electron chi connectivity index (χ0n) is 18.8. The van der Waals surface area contributed by atoms with Gasteiger partial charge in [0.05, 0.1) is 0 Å². The molecule has 0 aromatic heterocycles. The van der Waals surface area contributed by atoms with Gasteiger partial charge in [0.15, 0.2) is 0 Å². The zero-order valence-corrected chi connectivity index (χ0v) is 18.8. The number of nitrogens with zero attached hydrogens (tertiary/aromatic N) is 1. The van der Waals surface area contributed by atoms with E-state index in [1.54, 1.807) is 17.0 Å². The number of benzene rings is 2. The second kappa shape index (κ2) is 18.5. The number of hydrogen-bond acceptors (Lipinski definition) is 3. The van der Waals surface area contributed by atoms with E-state index in [1.165, 1.54) is 0 Å². The van der Waals surface area contributed by atoms with Gasteiger partial charge in [-0.25, -0.2) is 4.79 Å². The van der Waals surface area contributed by atoms with Crippen molar-refractivity contribution in [3.63, 3.8) is 0 Å². The molecule has 2 aromatic rings. The van der Waals surface area contributed by atoms with Crippen LogP contribution in [0, 0.1) is 23.7 Å². The van der Waals surface area contributed by atoms with Gasteiger partial charge in [0.2, 0.25) is 0 Å². The van der Waals surface area contributed by atoms with E-state index in [4.69, 9.17) is 5.11 Å². The molecule has 0 heterocycles. The minimum absolute atomic E-state index is 0.108. The van der Waals surface area contributed by atoms with E-state index in [0.29, 0.717) is 13.1 Å². The highest BCUT2D eigenvalue weighted by Crippen LogP contribution is 1.95. The molecular formula is C26H32N2O3. The van der Waals surface area contributed by atoms with Gasteiger partial charge in [-0.05, 0) is 51.2 Å². The maximum absolute atomic E-state index is 11.5. The number of carbonyl (C=O) groups is 2. The first-order chi connectivity index (χ1) is 15.0. The molecule has 0 saturated carbocycles. The zero-order chi connectivity index (χ0) is 23.3. The van der Waals surface area contributed by atoms with Crippen molar-refractivity contribution in [3.05, 3.63) is 71.8 Å². The standard InChI is InChI=1S/C13H15NO.C9H6O2.C4H11N/c1-3-14(4-2)13(15)11-10-12-8-6-5-7-9-12;10-9(11)7-6-8-4-2-1-3-5-8;1-3-5-4-2/h5-9H,3-4H2,1-2H3;1-5H,(H,10,11);5H,3-4H2,1-2H3. The van der Waals surface area contributed by atoms with Gasteiger partial charge in [-0.3, -0.25) is 4.79 Å². The van der Waals surface area contributed by atoms with Gasteiger partial charge >= 0.3 is 5.97 Å². The van der Waals surface area contributed by atoms with Crippen LogP contribution in [0.2, 0.25) is 0 Å². The molecule has 1 amide bonds. The molecule has 31 heavy (non-hydrogen) atoms. The molecule has 164 valence electrons. The first kappa shape index (κ1) is 27.5. The third-order valence-corrected chi connectivity index (χ3v) is 3.73. The maximum atomic E-state index is 11.5. The fourth-order valence-electron chi connectivity index (χ4n) is 2.13. The van der Waals surface area contributed by atoms with Gasteiger partial charge in [-0.2, -0.15) is 0 Å². The molecule has 0 fully saturated rings. The fraction of sp³-hybridized carbons (Fsp3) is 0.308. The predicted octanol–water partition coefficient (Wildman–Crippen LogP) is 3.65. The van der Waals surface area contributed by atoms with Crippen molar-refractivity contribution in [2.45, 2.75) is 27.7 Å². The Morgan fingerprint density at radius 1 is 0.774 bits per heavy atom. The number of amides is 1. The van der Waals surface area contributed by atoms with Crippen LogP contribution >= 0.6 is 0 Å². The Morgan fingerprint density at radius 2 is 1.19 bits per heavy atom.